The van der Waals surface area contributed by atoms with Crippen molar-refractivity contribution in [3.8, 4) is 0 Å². The van der Waals surface area contributed by atoms with Gasteiger partial charge in [-0.3, -0.25) is 4.79 Å². The number of hydrogen-bond acceptors (Lipinski definition) is 3. The van der Waals surface area contributed by atoms with Gasteiger partial charge in [0.25, 0.3) is 0 Å². The summed E-state index contributed by atoms with van der Waals surface area (Å²) in [5, 5.41) is 12.1. The molecule has 2 rings (SSSR count). The van der Waals surface area contributed by atoms with Crippen LogP contribution >= 0.6 is 0 Å². The Labute approximate surface area is 159 Å². The van der Waals surface area contributed by atoms with E-state index >= 15 is 0 Å². The van der Waals surface area contributed by atoms with Crippen molar-refractivity contribution in [3.63, 3.8) is 0 Å². The smallest absolute Gasteiger partial charge is 0.317 e. The molecule has 150 valence electrons. The molecule has 1 aromatic carbocycles. The molecule has 2 atom stereocenters. The number of hydrogen-bond donors (Lipinski definition) is 2. The molecule has 1 heterocycles. The lowest BCUT2D eigenvalue weighted by atomic mass is 9.97. The van der Waals surface area contributed by atoms with E-state index in [9.17, 15) is 19.1 Å². The number of amides is 2. The van der Waals surface area contributed by atoms with Gasteiger partial charge in [-0.25, -0.2) is 9.18 Å². The maximum Gasteiger partial charge on any atom is 0.317 e. The van der Waals surface area contributed by atoms with Crippen LogP contribution in [0.15, 0.2) is 24.3 Å². The highest BCUT2D eigenvalue weighted by atomic mass is 19.1. The quantitative estimate of drug-likeness (QED) is 0.689. The van der Waals surface area contributed by atoms with Gasteiger partial charge in [0.1, 0.15) is 5.82 Å². The van der Waals surface area contributed by atoms with Crippen molar-refractivity contribution in [2.24, 2.45) is 11.8 Å². The Hall–Kier alpha value is -2.15. The van der Waals surface area contributed by atoms with E-state index in [4.69, 9.17) is 4.74 Å². The molecule has 2 unspecified atom stereocenters. The molecule has 7 heteroatoms. The molecule has 0 saturated carbocycles. The van der Waals surface area contributed by atoms with Crippen LogP contribution in [0.2, 0.25) is 0 Å². The van der Waals surface area contributed by atoms with Crippen molar-refractivity contribution in [1.82, 2.24) is 10.2 Å². The molecule has 2 amide bonds. The first kappa shape index (κ1) is 21.2. The lowest BCUT2D eigenvalue weighted by molar-refractivity contribution is -0.142. The summed E-state index contributed by atoms with van der Waals surface area (Å²) in [6, 6.07) is 5.77. The van der Waals surface area contributed by atoms with Gasteiger partial charge in [-0.1, -0.05) is 26.0 Å². The van der Waals surface area contributed by atoms with Crippen LogP contribution in [0, 0.1) is 17.7 Å². The van der Waals surface area contributed by atoms with Gasteiger partial charge < -0.3 is 20.1 Å². The number of carbonyl (C=O) groups is 2. The Bertz CT molecular complexity index is 632. The zero-order chi connectivity index (χ0) is 19.8. The minimum Gasteiger partial charge on any atom is -0.481 e. The largest absolute Gasteiger partial charge is 0.481 e. The summed E-state index contributed by atoms with van der Waals surface area (Å²) in [6.07, 6.45) is 2.27. The van der Waals surface area contributed by atoms with E-state index in [2.05, 4.69) is 5.32 Å². The number of benzene rings is 1. The van der Waals surface area contributed by atoms with Crippen LogP contribution in [0.1, 0.15) is 38.7 Å². The molecule has 1 aromatic rings. The predicted octanol–water partition coefficient (Wildman–Crippen LogP) is 3.26. The van der Waals surface area contributed by atoms with Gasteiger partial charge in [0.05, 0.1) is 12.0 Å². The summed E-state index contributed by atoms with van der Waals surface area (Å²) in [5.74, 6) is -1.68. The monoisotopic (exact) mass is 380 g/mol. The molecule has 0 aromatic heterocycles. The molecule has 0 spiro atoms. The first-order chi connectivity index (χ1) is 12.8. The minimum atomic E-state index is -0.917. The van der Waals surface area contributed by atoms with Gasteiger partial charge in [0.2, 0.25) is 0 Å². The zero-order valence-electron chi connectivity index (χ0n) is 16.0. The van der Waals surface area contributed by atoms with E-state index in [1.54, 1.807) is 17.0 Å². The van der Waals surface area contributed by atoms with E-state index in [0.717, 1.165) is 12.8 Å². The summed E-state index contributed by atoms with van der Waals surface area (Å²) in [5.41, 5.74) is 0.681. The topological polar surface area (TPSA) is 78.9 Å². The number of urea groups is 1. The fourth-order valence-corrected chi connectivity index (χ4v) is 3.27. The number of carbonyl (C=O) groups excluding carboxylic acids is 1. The van der Waals surface area contributed by atoms with E-state index in [1.165, 1.54) is 12.1 Å². The predicted molar refractivity (Wildman–Crippen MR) is 99.8 cm³/mol. The van der Waals surface area contributed by atoms with Crippen molar-refractivity contribution in [2.45, 2.75) is 45.8 Å². The van der Waals surface area contributed by atoms with Gasteiger partial charge in [0.15, 0.2) is 0 Å². The Morgan fingerprint density at radius 2 is 2.19 bits per heavy atom. The zero-order valence-corrected chi connectivity index (χ0v) is 16.0. The number of nitrogens with one attached hydrogen (secondary N) is 1. The lowest BCUT2D eigenvalue weighted by Gasteiger charge is -2.27. The van der Waals surface area contributed by atoms with Crippen LogP contribution in [0.3, 0.4) is 0 Å². The number of halogens is 1. The summed E-state index contributed by atoms with van der Waals surface area (Å²) in [7, 11) is 0. The second-order valence-electron chi connectivity index (χ2n) is 7.50. The number of nitrogens with zero attached hydrogens (tertiary/aromatic N) is 1. The summed E-state index contributed by atoms with van der Waals surface area (Å²) in [6.45, 7) is 5.28. The maximum absolute atomic E-state index is 13.5. The molecule has 1 fully saturated rings. The average Bonchev–Trinajstić information content (AvgIpc) is 3.10. The third-order valence-corrected chi connectivity index (χ3v) is 4.60. The molecule has 0 aliphatic carbocycles. The van der Waals surface area contributed by atoms with Gasteiger partial charge >= 0.3 is 12.0 Å². The highest BCUT2D eigenvalue weighted by Crippen LogP contribution is 2.16. The van der Waals surface area contributed by atoms with Gasteiger partial charge in [0, 0.05) is 26.2 Å². The van der Waals surface area contributed by atoms with Crippen LogP contribution in [0.25, 0.3) is 0 Å². The lowest BCUT2D eigenvalue weighted by Crippen LogP contribution is -2.45. The van der Waals surface area contributed by atoms with Crippen LogP contribution < -0.4 is 5.32 Å². The second-order valence-corrected chi connectivity index (χ2v) is 7.50. The molecule has 1 aliphatic heterocycles. The Morgan fingerprint density at radius 1 is 1.41 bits per heavy atom. The molecule has 2 N–H and O–H groups in total. The Balaban J connectivity index is 2.01. The van der Waals surface area contributed by atoms with Crippen molar-refractivity contribution in [3.05, 3.63) is 35.6 Å². The van der Waals surface area contributed by atoms with Crippen molar-refractivity contribution in [2.75, 3.05) is 19.7 Å². The van der Waals surface area contributed by atoms with Crippen molar-refractivity contribution >= 4 is 12.0 Å². The van der Waals surface area contributed by atoms with E-state index in [0.29, 0.717) is 25.1 Å². The number of aliphatic carboxylic acids is 1. The summed E-state index contributed by atoms with van der Waals surface area (Å²) >= 11 is 0. The molecule has 0 bridgehead atoms. The first-order valence-electron chi connectivity index (χ1n) is 9.46. The molecular weight excluding hydrogens is 351 g/mol. The SMILES string of the molecule is CC(C)CC(CNC(=O)N(Cc1cccc(F)c1)CC1CCCO1)C(=O)O. The van der Waals surface area contributed by atoms with Gasteiger partial charge in [-0.2, -0.15) is 0 Å². The van der Waals surface area contributed by atoms with Crippen LogP contribution in [-0.2, 0) is 16.1 Å². The van der Waals surface area contributed by atoms with Crippen LogP contribution in [-0.4, -0.2) is 47.8 Å². The van der Waals surface area contributed by atoms with Crippen LogP contribution in [0.5, 0.6) is 0 Å². The summed E-state index contributed by atoms with van der Waals surface area (Å²) < 4.78 is 19.1. The Kier molecular flexibility index (Phi) is 8.03. The fourth-order valence-electron chi connectivity index (χ4n) is 3.27. The van der Waals surface area contributed by atoms with E-state index in [1.807, 2.05) is 13.8 Å². The first-order valence-corrected chi connectivity index (χ1v) is 9.46. The molecule has 6 nitrogen and oxygen atoms in total. The second kappa shape index (κ2) is 10.3. The van der Waals surface area contributed by atoms with E-state index < -0.39 is 11.9 Å². The fraction of sp³-hybridized carbons (Fsp3) is 0.600. The summed E-state index contributed by atoms with van der Waals surface area (Å²) in [4.78, 5) is 25.7. The normalized spacial score (nSPS) is 17.7. The maximum atomic E-state index is 13.5. The van der Waals surface area contributed by atoms with Gasteiger partial charge in [-0.15, -0.1) is 0 Å². The highest BCUT2D eigenvalue weighted by Gasteiger charge is 2.25. The number of carboxylic acid groups (broad SMARTS) is 1. The Morgan fingerprint density at radius 3 is 2.78 bits per heavy atom. The molecular formula is C20H29FN2O4. The number of carboxylic acids is 1. The standard InChI is InChI=1S/C20H29FN2O4/c1-14(2)9-16(19(24)25)11-22-20(26)23(13-18-7-4-8-27-18)12-15-5-3-6-17(21)10-15/h3,5-6,10,14,16,18H,4,7-9,11-13H2,1-2H3,(H,22,26)(H,24,25). The molecule has 0 radical (unpaired) electrons. The molecule has 1 saturated heterocycles. The van der Waals surface area contributed by atoms with Crippen molar-refractivity contribution < 1.29 is 23.8 Å². The number of ether oxygens (including phenoxy) is 1. The average molecular weight is 380 g/mol. The third-order valence-electron chi connectivity index (χ3n) is 4.60. The molecule has 1 aliphatic rings. The van der Waals surface area contributed by atoms with Crippen LogP contribution in [0.4, 0.5) is 9.18 Å². The van der Waals surface area contributed by atoms with Crippen molar-refractivity contribution in [1.29, 1.82) is 0 Å². The highest BCUT2D eigenvalue weighted by molar-refractivity contribution is 5.76. The number of rotatable bonds is 9. The molecule has 27 heavy (non-hydrogen) atoms. The van der Waals surface area contributed by atoms with E-state index in [-0.39, 0.29) is 37.0 Å². The minimum absolute atomic E-state index is 0.0461. The van der Waals surface area contributed by atoms with Gasteiger partial charge in [-0.05, 0) is 42.9 Å². The third kappa shape index (κ3) is 7.17.